The van der Waals surface area contributed by atoms with Crippen molar-refractivity contribution < 1.29 is 9.84 Å². The van der Waals surface area contributed by atoms with Crippen molar-refractivity contribution in [3.63, 3.8) is 0 Å². The highest BCUT2D eigenvalue weighted by atomic mass is 16.5. The summed E-state index contributed by atoms with van der Waals surface area (Å²) < 4.78 is 5.20. The van der Waals surface area contributed by atoms with Gasteiger partial charge in [0, 0.05) is 6.20 Å². The van der Waals surface area contributed by atoms with Gasteiger partial charge in [0.2, 0.25) is 0 Å². The summed E-state index contributed by atoms with van der Waals surface area (Å²) in [5.41, 5.74) is 2.19. The molecule has 18 heavy (non-hydrogen) atoms. The monoisotopic (exact) mass is 241 g/mol. The van der Waals surface area contributed by atoms with Gasteiger partial charge in [0.15, 0.2) is 17.1 Å². The van der Waals surface area contributed by atoms with Gasteiger partial charge in [0.05, 0.1) is 18.2 Å². The number of H-pyrrole nitrogens is 1. The van der Waals surface area contributed by atoms with Crippen LogP contribution in [0, 0.1) is 0 Å². The molecule has 5 heteroatoms. The van der Waals surface area contributed by atoms with Crippen molar-refractivity contribution in [1.29, 1.82) is 0 Å². The van der Waals surface area contributed by atoms with Crippen LogP contribution in [0.2, 0.25) is 0 Å². The van der Waals surface area contributed by atoms with Crippen LogP contribution in [0.1, 0.15) is 0 Å². The molecule has 2 heterocycles. The van der Waals surface area contributed by atoms with Gasteiger partial charge in [0.1, 0.15) is 5.82 Å². The maximum atomic E-state index is 9.75. The van der Waals surface area contributed by atoms with Crippen molar-refractivity contribution in [2.24, 2.45) is 0 Å². The summed E-state index contributed by atoms with van der Waals surface area (Å²) in [5, 5.41) is 9.75. The molecule has 5 nitrogen and oxygen atoms in total. The third kappa shape index (κ3) is 1.57. The van der Waals surface area contributed by atoms with Crippen LogP contribution < -0.4 is 4.74 Å². The highest BCUT2D eigenvalue weighted by Gasteiger charge is 2.13. The van der Waals surface area contributed by atoms with E-state index >= 15 is 0 Å². The molecule has 90 valence electrons. The van der Waals surface area contributed by atoms with E-state index in [0.29, 0.717) is 22.8 Å². The second kappa shape index (κ2) is 4.03. The predicted molar refractivity (Wildman–Crippen MR) is 67.5 cm³/mol. The van der Waals surface area contributed by atoms with Gasteiger partial charge >= 0.3 is 0 Å². The van der Waals surface area contributed by atoms with Crippen LogP contribution in [-0.2, 0) is 0 Å². The molecule has 0 amide bonds. The summed E-state index contributed by atoms with van der Waals surface area (Å²) >= 11 is 0. The molecule has 0 saturated carbocycles. The fourth-order valence-corrected chi connectivity index (χ4v) is 1.90. The maximum absolute atomic E-state index is 9.75. The molecule has 2 N–H and O–H groups in total. The maximum Gasteiger partial charge on any atom is 0.178 e. The van der Waals surface area contributed by atoms with Gasteiger partial charge in [-0.3, -0.25) is 0 Å². The molecule has 0 aliphatic carbocycles. The number of aromatic amines is 1. The number of nitrogens with zero attached hydrogens (tertiary/aromatic N) is 2. The van der Waals surface area contributed by atoms with Gasteiger partial charge in [-0.1, -0.05) is 6.07 Å². The number of methoxy groups -OCH3 is 1. The van der Waals surface area contributed by atoms with Crippen LogP contribution in [0.5, 0.6) is 11.5 Å². The topological polar surface area (TPSA) is 71.0 Å². The highest BCUT2D eigenvalue weighted by Crippen LogP contribution is 2.36. The summed E-state index contributed by atoms with van der Waals surface area (Å²) in [5.74, 6) is 1.11. The lowest BCUT2D eigenvalue weighted by Crippen LogP contribution is -1.89. The summed E-state index contributed by atoms with van der Waals surface area (Å²) in [4.78, 5) is 11.7. The van der Waals surface area contributed by atoms with E-state index in [0.717, 1.165) is 5.52 Å². The number of imidazole rings is 1. The number of aromatic nitrogens is 3. The number of phenolic OH excluding ortho intramolecular Hbond substituents is 1. The van der Waals surface area contributed by atoms with Crippen LogP contribution in [0.15, 0.2) is 36.5 Å². The normalized spacial score (nSPS) is 10.7. The third-order valence-corrected chi connectivity index (χ3v) is 2.71. The number of nitrogens with one attached hydrogen (secondary N) is 1. The van der Waals surface area contributed by atoms with Gasteiger partial charge in [-0.25, -0.2) is 9.97 Å². The summed E-state index contributed by atoms with van der Waals surface area (Å²) in [6.45, 7) is 0. The lowest BCUT2D eigenvalue weighted by Gasteiger charge is -2.07. The van der Waals surface area contributed by atoms with Crippen LogP contribution >= 0.6 is 0 Å². The Kier molecular flexibility index (Phi) is 2.37. The molecule has 0 fully saturated rings. The second-order valence-electron chi connectivity index (χ2n) is 3.82. The van der Waals surface area contributed by atoms with Gasteiger partial charge in [-0.2, -0.15) is 0 Å². The van der Waals surface area contributed by atoms with E-state index in [2.05, 4.69) is 15.0 Å². The number of ether oxygens (including phenoxy) is 1. The molecular weight excluding hydrogens is 230 g/mol. The van der Waals surface area contributed by atoms with E-state index in [1.807, 2.05) is 18.2 Å². The molecule has 3 aromatic rings. The van der Waals surface area contributed by atoms with Crippen molar-refractivity contribution in [3.05, 3.63) is 36.5 Å². The van der Waals surface area contributed by atoms with Crippen LogP contribution in [0.3, 0.4) is 0 Å². The van der Waals surface area contributed by atoms with Crippen molar-refractivity contribution in [3.8, 4) is 22.9 Å². The van der Waals surface area contributed by atoms with E-state index in [9.17, 15) is 5.11 Å². The third-order valence-electron chi connectivity index (χ3n) is 2.71. The minimum absolute atomic E-state index is 0.0865. The first-order chi connectivity index (χ1) is 8.79. The van der Waals surface area contributed by atoms with Gasteiger partial charge in [-0.05, 0) is 24.3 Å². The number of hydrogen-bond donors (Lipinski definition) is 2. The highest BCUT2D eigenvalue weighted by molar-refractivity contribution is 5.78. The number of rotatable bonds is 2. The fraction of sp³-hybridized carbons (Fsp3) is 0.0769. The van der Waals surface area contributed by atoms with Crippen LogP contribution in [0.25, 0.3) is 22.6 Å². The second-order valence-corrected chi connectivity index (χ2v) is 3.82. The molecule has 0 unspecified atom stereocenters. The van der Waals surface area contributed by atoms with E-state index in [1.165, 1.54) is 7.11 Å². The minimum atomic E-state index is 0.0865. The first-order valence-corrected chi connectivity index (χ1v) is 5.46. The van der Waals surface area contributed by atoms with E-state index < -0.39 is 0 Å². The van der Waals surface area contributed by atoms with Crippen molar-refractivity contribution in [2.75, 3.05) is 7.11 Å². The Morgan fingerprint density at radius 1 is 1.22 bits per heavy atom. The fourth-order valence-electron chi connectivity index (χ4n) is 1.90. The van der Waals surface area contributed by atoms with Crippen molar-refractivity contribution in [2.45, 2.75) is 0 Å². The minimum Gasteiger partial charge on any atom is -0.504 e. The molecule has 0 aliphatic heterocycles. The number of fused-ring (bicyclic) bond motifs is 1. The van der Waals surface area contributed by atoms with Crippen LogP contribution in [-0.4, -0.2) is 27.2 Å². The Morgan fingerprint density at radius 3 is 2.89 bits per heavy atom. The molecule has 3 rings (SSSR count). The molecule has 0 radical (unpaired) electrons. The SMILES string of the molecule is COc1c(O)cccc1-c1nc2ncccc2[nH]1. The zero-order chi connectivity index (χ0) is 12.5. The van der Waals surface area contributed by atoms with Crippen molar-refractivity contribution in [1.82, 2.24) is 15.0 Å². The average molecular weight is 241 g/mol. The lowest BCUT2D eigenvalue weighted by molar-refractivity contribution is 0.375. The Morgan fingerprint density at radius 2 is 2.11 bits per heavy atom. The number of pyridine rings is 1. The van der Waals surface area contributed by atoms with Gasteiger partial charge in [0.25, 0.3) is 0 Å². The summed E-state index contributed by atoms with van der Waals surface area (Å²) in [6.07, 6.45) is 1.69. The molecule has 2 aromatic heterocycles. The molecule has 0 spiro atoms. The standard InChI is InChI=1S/C13H11N3O2/c1-18-11-8(4-2-6-10(11)17)12-15-9-5-3-7-14-13(9)16-12/h2-7,17H,1H3,(H,14,15,16). The smallest absolute Gasteiger partial charge is 0.178 e. The zero-order valence-corrected chi connectivity index (χ0v) is 9.71. The number of benzene rings is 1. The Balaban J connectivity index is 2.23. The first-order valence-electron chi connectivity index (χ1n) is 5.46. The predicted octanol–water partition coefficient (Wildman–Crippen LogP) is 2.34. The molecular formula is C13H11N3O2. The number of aromatic hydroxyl groups is 1. The number of para-hydroxylation sites is 1. The van der Waals surface area contributed by atoms with E-state index in [-0.39, 0.29) is 5.75 Å². The van der Waals surface area contributed by atoms with E-state index in [1.54, 1.807) is 18.3 Å². The Labute approximate surface area is 103 Å². The van der Waals surface area contributed by atoms with E-state index in [4.69, 9.17) is 4.74 Å². The molecule has 0 saturated heterocycles. The molecule has 1 aromatic carbocycles. The summed E-state index contributed by atoms with van der Waals surface area (Å²) in [6, 6.07) is 8.88. The quantitative estimate of drug-likeness (QED) is 0.722. The van der Waals surface area contributed by atoms with Gasteiger partial charge < -0.3 is 14.8 Å². The average Bonchev–Trinajstić information content (AvgIpc) is 2.82. The lowest BCUT2D eigenvalue weighted by atomic mass is 10.2. The molecule has 0 bridgehead atoms. The summed E-state index contributed by atoms with van der Waals surface area (Å²) in [7, 11) is 1.51. The Hall–Kier alpha value is -2.56. The van der Waals surface area contributed by atoms with Crippen LogP contribution in [0.4, 0.5) is 0 Å². The molecule has 0 aliphatic rings. The molecule has 0 atom stereocenters. The number of hydrogen-bond acceptors (Lipinski definition) is 4. The Bertz CT molecular complexity index is 673. The first kappa shape index (κ1) is 10.6. The largest absolute Gasteiger partial charge is 0.504 e. The van der Waals surface area contributed by atoms with Gasteiger partial charge in [-0.15, -0.1) is 0 Å². The zero-order valence-electron chi connectivity index (χ0n) is 9.71. The van der Waals surface area contributed by atoms with Crippen molar-refractivity contribution >= 4 is 11.2 Å². The number of phenols is 1.